The fourth-order valence-electron chi connectivity index (χ4n) is 0.460. The van der Waals surface area contributed by atoms with E-state index in [2.05, 4.69) is 5.32 Å². The van der Waals surface area contributed by atoms with E-state index in [9.17, 15) is 13.2 Å². The van der Waals surface area contributed by atoms with Gasteiger partial charge in [-0.3, -0.25) is 4.79 Å². The van der Waals surface area contributed by atoms with Gasteiger partial charge in [-0.15, -0.1) is 0 Å². The highest BCUT2D eigenvalue weighted by molar-refractivity contribution is 7.92. The number of sulfone groups is 1. The molecule has 0 aromatic heterocycles. The first-order chi connectivity index (χ1) is 5.44. The molecule has 12 heavy (non-hydrogen) atoms. The summed E-state index contributed by atoms with van der Waals surface area (Å²) in [5.74, 6) is -1.23. The summed E-state index contributed by atoms with van der Waals surface area (Å²) in [4.78, 5) is 10.6. The first-order valence-corrected chi connectivity index (χ1v) is 4.97. The number of hydrogen-bond donors (Lipinski definition) is 1. The molecule has 0 aromatic carbocycles. The largest absolute Gasteiger partial charge is 0.358 e. The summed E-state index contributed by atoms with van der Waals surface area (Å²) >= 11 is 0. The monoisotopic (exact) mass is 190 g/mol. The Labute approximate surface area is 71.3 Å². The van der Waals surface area contributed by atoms with E-state index < -0.39 is 26.7 Å². The van der Waals surface area contributed by atoms with Crippen molar-refractivity contribution in [2.45, 2.75) is 12.2 Å². The van der Waals surface area contributed by atoms with Gasteiger partial charge < -0.3 is 5.32 Å². The van der Waals surface area contributed by atoms with E-state index >= 15 is 0 Å². The molecule has 1 unspecified atom stereocenters. The molecule has 0 spiro atoms. The minimum atomic E-state index is -3.59. The molecule has 0 aliphatic heterocycles. The van der Waals surface area contributed by atoms with Crippen LogP contribution in [0, 0.1) is 11.3 Å². The molecule has 0 bridgehead atoms. The number of nitrogens with zero attached hydrogens (tertiary/aromatic N) is 1. The van der Waals surface area contributed by atoms with Crippen molar-refractivity contribution in [2.24, 2.45) is 0 Å². The maximum atomic E-state index is 11.0. The zero-order valence-electron chi connectivity index (χ0n) is 6.86. The molecule has 0 heterocycles. The van der Waals surface area contributed by atoms with Gasteiger partial charge in [0.15, 0.2) is 9.84 Å². The number of rotatable bonds is 3. The Hall–Kier alpha value is -1.09. The predicted octanol–water partition coefficient (Wildman–Crippen LogP) is -0.941. The molecule has 5 nitrogen and oxygen atoms in total. The minimum absolute atomic E-state index is 0.600. The molecule has 0 aromatic rings. The lowest BCUT2D eigenvalue weighted by Gasteiger charge is -2.03. The number of carbonyl (C=O) groups is 1. The highest BCUT2D eigenvalue weighted by Gasteiger charge is 2.23. The molecule has 0 aliphatic carbocycles. The van der Waals surface area contributed by atoms with E-state index in [0.717, 1.165) is 0 Å². The van der Waals surface area contributed by atoms with E-state index in [0.29, 0.717) is 0 Å². The summed E-state index contributed by atoms with van der Waals surface area (Å²) in [6.45, 7) is 1.25. The van der Waals surface area contributed by atoms with Gasteiger partial charge in [-0.1, -0.05) is 0 Å². The Morgan fingerprint density at radius 1 is 1.67 bits per heavy atom. The van der Waals surface area contributed by atoms with E-state index in [4.69, 9.17) is 5.26 Å². The zero-order chi connectivity index (χ0) is 9.78. The van der Waals surface area contributed by atoms with Gasteiger partial charge in [0.1, 0.15) is 11.0 Å². The van der Waals surface area contributed by atoms with Crippen LogP contribution in [-0.4, -0.2) is 32.4 Å². The fraction of sp³-hybridized carbons (Fsp3) is 0.667. The van der Waals surface area contributed by atoms with Crippen LogP contribution in [0.5, 0.6) is 0 Å². The molecule has 68 valence electrons. The van der Waals surface area contributed by atoms with Gasteiger partial charge in [-0.05, 0) is 6.92 Å². The molecule has 1 N–H and O–H groups in total. The van der Waals surface area contributed by atoms with Crippen LogP contribution in [0.15, 0.2) is 0 Å². The average molecular weight is 190 g/mol. The lowest BCUT2D eigenvalue weighted by Crippen LogP contribution is -2.31. The second kappa shape index (κ2) is 4.07. The minimum Gasteiger partial charge on any atom is -0.358 e. The van der Waals surface area contributed by atoms with Gasteiger partial charge >= 0.3 is 0 Å². The zero-order valence-corrected chi connectivity index (χ0v) is 7.68. The Balaban J connectivity index is 4.47. The highest BCUT2D eigenvalue weighted by Crippen LogP contribution is 1.99. The summed E-state index contributed by atoms with van der Waals surface area (Å²) in [7, 11) is -2.25. The fourth-order valence-corrected chi connectivity index (χ4v) is 1.38. The van der Waals surface area contributed by atoms with Gasteiger partial charge in [0, 0.05) is 7.05 Å². The van der Waals surface area contributed by atoms with Crippen molar-refractivity contribution in [2.75, 3.05) is 12.8 Å². The SMILES string of the molecule is CNC(=O)CS(=O)(=O)C(C)C#N. The third-order valence-corrected chi connectivity index (χ3v) is 3.18. The van der Waals surface area contributed by atoms with E-state index in [1.807, 2.05) is 0 Å². The van der Waals surface area contributed by atoms with Crippen LogP contribution in [-0.2, 0) is 14.6 Å². The standard InChI is InChI=1S/C6H10N2O3S/c1-5(3-7)12(10,11)4-6(9)8-2/h5H,4H2,1-2H3,(H,8,9). The Bertz CT molecular complexity index is 301. The van der Waals surface area contributed by atoms with E-state index in [1.54, 1.807) is 6.07 Å². The summed E-state index contributed by atoms with van der Waals surface area (Å²) in [6, 6.07) is 1.57. The van der Waals surface area contributed by atoms with Crippen molar-refractivity contribution < 1.29 is 13.2 Å². The van der Waals surface area contributed by atoms with Crippen molar-refractivity contribution in [1.82, 2.24) is 5.32 Å². The lowest BCUT2D eigenvalue weighted by molar-refractivity contribution is -0.118. The number of hydrogen-bond acceptors (Lipinski definition) is 4. The van der Waals surface area contributed by atoms with Crippen molar-refractivity contribution in [3.8, 4) is 6.07 Å². The molecule has 0 saturated heterocycles. The van der Waals surface area contributed by atoms with Crippen LogP contribution < -0.4 is 5.32 Å². The van der Waals surface area contributed by atoms with Crippen LogP contribution >= 0.6 is 0 Å². The Morgan fingerprint density at radius 3 is 2.50 bits per heavy atom. The van der Waals surface area contributed by atoms with Crippen molar-refractivity contribution in [3.63, 3.8) is 0 Å². The van der Waals surface area contributed by atoms with Crippen LogP contribution in [0.2, 0.25) is 0 Å². The van der Waals surface area contributed by atoms with Crippen molar-refractivity contribution in [1.29, 1.82) is 5.26 Å². The molecule has 0 radical (unpaired) electrons. The molecule has 0 fully saturated rings. The number of nitrogens with one attached hydrogen (secondary N) is 1. The normalized spacial score (nSPS) is 13.1. The first-order valence-electron chi connectivity index (χ1n) is 3.26. The van der Waals surface area contributed by atoms with Crippen molar-refractivity contribution in [3.05, 3.63) is 0 Å². The summed E-state index contributed by atoms with van der Waals surface area (Å²) in [5, 5.41) is 9.34. The molecule has 6 heteroatoms. The van der Waals surface area contributed by atoms with Crippen molar-refractivity contribution >= 4 is 15.7 Å². The van der Waals surface area contributed by atoms with E-state index in [-0.39, 0.29) is 0 Å². The number of carbonyl (C=O) groups excluding carboxylic acids is 1. The van der Waals surface area contributed by atoms with Gasteiger partial charge in [0.25, 0.3) is 0 Å². The first kappa shape index (κ1) is 10.9. The molecule has 1 amide bonds. The maximum absolute atomic E-state index is 11.0. The topological polar surface area (TPSA) is 87.0 Å². The van der Waals surface area contributed by atoms with Crippen LogP contribution in [0.25, 0.3) is 0 Å². The number of amides is 1. The highest BCUT2D eigenvalue weighted by atomic mass is 32.2. The molecular formula is C6H10N2O3S. The summed E-state index contributed by atoms with van der Waals surface area (Å²) < 4.78 is 22.1. The number of nitriles is 1. The van der Waals surface area contributed by atoms with Gasteiger partial charge in [-0.25, -0.2) is 8.42 Å². The summed E-state index contributed by atoms with van der Waals surface area (Å²) in [6.07, 6.45) is 0. The summed E-state index contributed by atoms with van der Waals surface area (Å²) in [5.41, 5.74) is 0. The molecule has 0 saturated carbocycles. The van der Waals surface area contributed by atoms with Crippen LogP contribution in [0.3, 0.4) is 0 Å². The van der Waals surface area contributed by atoms with E-state index in [1.165, 1.54) is 14.0 Å². The second-order valence-corrected chi connectivity index (χ2v) is 4.57. The van der Waals surface area contributed by atoms with Gasteiger partial charge in [0.05, 0.1) is 6.07 Å². The maximum Gasteiger partial charge on any atom is 0.234 e. The second-order valence-electron chi connectivity index (χ2n) is 2.25. The Morgan fingerprint density at radius 2 is 2.17 bits per heavy atom. The molecule has 0 rings (SSSR count). The third-order valence-electron chi connectivity index (χ3n) is 1.33. The molecule has 1 atom stereocenters. The smallest absolute Gasteiger partial charge is 0.234 e. The average Bonchev–Trinajstić information content (AvgIpc) is 2.02. The van der Waals surface area contributed by atoms with Gasteiger partial charge in [-0.2, -0.15) is 5.26 Å². The van der Waals surface area contributed by atoms with Crippen LogP contribution in [0.4, 0.5) is 0 Å². The van der Waals surface area contributed by atoms with Gasteiger partial charge in [0.2, 0.25) is 5.91 Å². The quantitative estimate of drug-likeness (QED) is 0.622. The molecular weight excluding hydrogens is 180 g/mol. The lowest BCUT2D eigenvalue weighted by atomic mass is 10.5. The molecule has 0 aliphatic rings. The third kappa shape index (κ3) is 2.88. The Kier molecular flexibility index (Phi) is 3.70. The van der Waals surface area contributed by atoms with Crippen LogP contribution in [0.1, 0.15) is 6.92 Å². The predicted molar refractivity (Wildman–Crippen MR) is 42.9 cm³/mol.